The first-order valence-corrected chi connectivity index (χ1v) is 10.5. The smallest absolute Gasteiger partial charge is 0.312 e. The van der Waals surface area contributed by atoms with Crippen molar-refractivity contribution in [2.45, 2.75) is 91.1 Å². The van der Waals surface area contributed by atoms with Crippen LogP contribution in [0.1, 0.15) is 85.5 Å². The van der Waals surface area contributed by atoms with Gasteiger partial charge in [-0.25, -0.2) is 0 Å². The van der Waals surface area contributed by atoms with E-state index in [-0.39, 0.29) is 17.5 Å². The molecule has 0 N–H and O–H groups in total. The van der Waals surface area contributed by atoms with Crippen LogP contribution in [0.2, 0.25) is 0 Å². The van der Waals surface area contributed by atoms with E-state index in [0.29, 0.717) is 11.8 Å². The van der Waals surface area contributed by atoms with E-state index >= 15 is 0 Å². The molecule has 0 aromatic carbocycles. The van der Waals surface area contributed by atoms with Gasteiger partial charge in [0, 0.05) is 5.92 Å². The zero-order valence-electron chi connectivity index (χ0n) is 16.6. The minimum Gasteiger partial charge on any atom is -0.458 e. The van der Waals surface area contributed by atoms with E-state index in [1.165, 1.54) is 32.1 Å². The fraction of sp³-hybridized carbons (Fsp3) is 0.909. The van der Waals surface area contributed by atoms with Crippen molar-refractivity contribution in [1.82, 2.24) is 0 Å². The average molecular weight is 349 g/mol. The lowest BCUT2D eigenvalue weighted by atomic mass is 9.50. The van der Waals surface area contributed by atoms with Crippen LogP contribution in [0, 0.1) is 35.0 Å². The van der Waals surface area contributed by atoms with Crippen LogP contribution in [0.4, 0.5) is 0 Å². The van der Waals surface area contributed by atoms with Crippen molar-refractivity contribution < 1.29 is 14.3 Å². The van der Waals surface area contributed by atoms with Gasteiger partial charge in [0.1, 0.15) is 11.9 Å². The van der Waals surface area contributed by atoms with Crippen molar-refractivity contribution in [3.05, 3.63) is 0 Å². The first kappa shape index (κ1) is 18.9. The Morgan fingerprint density at radius 3 is 2.24 bits per heavy atom. The Morgan fingerprint density at radius 1 is 1.20 bits per heavy atom. The average Bonchev–Trinajstić information content (AvgIpc) is 2.58. The van der Waals surface area contributed by atoms with Crippen LogP contribution in [-0.2, 0) is 14.3 Å². The molecule has 2 unspecified atom stereocenters. The summed E-state index contributed by atoms with van der Waals surface area (Å²) in [6.45, 7) is 8.32. The molecule has 0 spiro atoms. The molecule has 0 aliphatic heterocycles. The summed E-state index contributed by atoms with van der Waals surface area (Å²) in [5.41, 5.74) is -0.655. The number of rotatable bonds is 8. The number of aldehydes is 1. The lowest BCUT2D eigenvalue weighted by Gasteiger charge is -2.59. The lowest BCUT2D eigenvalue weighted by molar-refractivity contribution is -0.212. The maximum atomic E-state index is 13.1. The van der Waals surface area contributed by atoms with Gasteiger partial charge in [-0.1, -0.05) is 20.3 Å². The highest BCUT2D eigenvalue weighted by Gasteiger charge is 2.57. The predicted molar refractivity (Wildman–Crippen MR) is 99.0 cm³/mol. The van der Waals surface area contributed by atoms with Crippen molar-refractivity contribution in [2.75, 3.05) is 0 Å². The van der Waals surface area contributed by atoms with Crippen LogP contribution < -0.4 is 0 Å². The van der Waals surface area contributed by atoms with Crippen LogP contribution >= 0.6 is 0 Å². The van der Waals surface area contributed by atoms with Gasteiger partial charge >= 0.3 is 5.97 Å². The number of ether oxygens (including phenoxy) is 1. The fourth-order valence-corrected chi connectivity index (χ4v) is 5.92. The summed E-state index contributed by atoms with van der Waals surface area (Å²) in [4.78, 5) is 24.0. The monoisotopic (exact) mass is 348 g/mol. The van der Waals surface area contributed by atoms with Gasteiger partial charge in [0.05, 0.1) is 5.41 Å². The van der Waals surface area contributed by atoms with Crippen molar-refractivity contribution in [3.63, 3.8) is 0 Å². The molecule has 0 aromatic heterocycles. The van der Waals surface area contributed by atoms with Crippen LogP contribution in [0.5, 0.6) is 0 Å². The third kappa shape index (κ3) is 3.53. The second kappa shape index (κ2) is 7.04. The number of carbonyl (C=O) groups is 2. The summed E-state index contributed by atoms with van der Waals surface area (Å²) < 4.78 is 6.35. The van der Waals surface area contributed by atoms with Gasteiger partial charge in [-0.15, -0.1) is 0 Å². The number of esters is 1. The molecule has 4 fully saturated rings. The third-order valence-corrected chi connectivity index (χ3v) is 7.97. The molecular formula is C22H36O3. The lowest BCUT2D eigenvalue weighted by Crippen LogP contribution is -2.58. The highest BCUT2D eigenvalue weighted by Crippen LogP contribution is 2.59. The summed E-state index contributed by atoms with van der Waals surface area (Å²) in [6, 6.07) is 0. The standard InChI is InChI=1S/C22H36O3/c1-5-21(3,8-6-7-15(2)14-23)20(24)25-22(4)18-10-16-9-17(12-18)13-19(22)11-16/h14-19H,5-13H2,1-4H3. The first-order valence-electron chi connectivity index (χ1n) is 10.5. The molecule has 0 amide bonds. The van der Waals surface area contributed by atoms with Gasteiger partial charge in [-0.05, 0) is 88.9 Å². The molecule has 3 heteroatoms. The summed E-state index contributed by atoms with van der Waals surface area (Å²) >= 11 is 0. The Hall–Kier alpha value is -0.860. The van der Waals surface area contributed by atoms with E-state index in [1.54, 1.807) is 0 Å². The molecule has 0 radical (unpaired) electrons. The van der Waals surface area contributed by atoms with Crippen molar-refractivity contribution in [1.29, 1.82) is 0 Å². The molecule has 4 bridgehead atoms. The summed E-state index contributed by atoms with van der Waals surface area (Å²) in [5, 5.41) is 0. The maximum absolute atomic E-state index is 13.1. The van der Waals surface area contributed by atoms with Crippen LogP contribution in [0.3, 0.4) is 0 Å². The second-order valence-corrected chi connectivity index (χ2v) is 9.80. The Kier molecular flexibility index (Phi) is 5.33. The van der Waals surface area contributed by atoms with E-state index < -0.39 is 5.41 Å². The Balaban J connectivity index is 1.64. The van der Waals surface area contributed by atoms with Crippen molar-refractivity contribution in [2.24, 2.45) is 35.0 Å². The highest BCUT2D eigenvalue weighted by atomic mass is 16.6. The van der Waals surface area contributed by atoms with Crippen LogP contribution in [-0.4, -0.2) is 17.9 Å². The minimum absolute atomic E-state index is 0.00345. The van der Waals surface area contributed by atoms with Crippen molar-refractivity contribution >= 4 is 12.3 Å². The van der Waals surface area contributed by atoms with Gasteiger partial charge in [-0.3, -0.25) is 4.79 Å². The Bertz CT molecular complexity index is 483. The van der Waals surface area contributed by atoms with Crippen LogP contribution in [0.25, 0.3) is 0 Å². The molecule has 0 saturated heterocycles. The molecule has 4 rings (SSSR count). The van der Waals surface area contributed by atoms with Gasteiger partial charge in [0.2, 0.25) is 0 Å². The highest BCUT2D eigenvalue weighted by molar-refractivity contribution is 5.76. The molecule has 25 heavy (non-hydrogen) atoms. The topological polar surface area (TPSA) is 43.4 Å². The van der Waals surface area contributed by atoms with E-state index in [1.807, 2.05) is 6.92 Å². The normalized spacial score (nSPS) is 39.7. The molecular weight excluding hydrogens is 312 g/mol. The summed E-state index contributed by atoms with van der Waals surface area (Å²) in [6.07, 6.45) is 10.9. The first-order chi connectivity index (χ1) is 11.8. The molecule has 0 heterocycles. The number of hydrogen-bond donors (Lipinski definition) is 0. The van der Waals surface area contributed by atoms with Gasteiger partial charge in [-0.2, -0.15) is 0 Å². The van der Waals surface area contributed by atoms with Crippen LogP contribution in [0.15, 0.2) is 0 Å². The van der Waals surface area contributed by atoms with Crippen molar-refractivity contribution in [3.8, 4) is 0 Å². The minimum atomic E-state index is -0.416. The summed E-state index contributed by atoms with van der Waals surface area (Å²) in [7, 11) is 0. The number of hydrogen-bond acceptors (Lipinski definition) is 3. The largest absolute Gasteiger partial charge is 0.458 e. The van der Waals surface area contributed by atoms with Gasteiger partial charge in [0.15, 0.2) is 0 Å². The SMILES string of the molecule is CCC(C)(CCCC(C)C=O)C(=O)OC1(C)C2CC3CC(C2)CC1C3. The predicted octanol–water partition coefficient (Wildman–Crippen LogP) is 5.17. The molecule has 3 nitrogen and oxygen atoms in total. The molecule has 2 atom stereocenters. The summed E-state index contributed by atoms with van der Waals surface area (Å²) in [5.74, 6) is 3.00. The number of carbonyl (C=O) groups excluding carboxylic acids is 2. The third-order valence-electron chi connectivity index (χ3n) is 7.97. The maximum Gasteiger partial charge on any atom is 0.312 e. The zero-order chi connectivity index (χ0) is 18.2. The second-order valence-electron chi connectivity index (χ2n) is 9.80. The van der Waals surface area contributed by atoms with E-state index in [9.17, 15) is 9.59 Å². The zero-order valence-corrected chi connectivity index (χ0v) is 16.6. The molecule has 4 aliphatic rings. The van der Waals surface area contributed by atoms with Gasteiger partial charge in [0.25, 0.3) is 0 Å². The fourth-order valence-electron chi connectivity index (χ4n) is 5.92. The quantitative estimate of drug-likeness (QED) is 0.449. The molecule has 4 aliphatic carbocycles. The Morgan fingerprint density at radius 2 is 1.76 bits per heavy atom. The van der Waals surface area contributed by atoms with E-state index in [2.05, 4.69) is 20.8 Å². The van der Waals surface area contributed by atoms with E-state index in [4.69, 9.17) is 4.74 Å². The van der Waals surface area contributed by atoms with Gasteiger partial charge < -0.3 is 9.53 Å². The molecule has 0 aromatic rings. The Labute approximate surface area is 153 Å². The molecule has 142 valence electrons. The van der Waals surface area contributed by atoms with E-state index in [0.717, 1.165) is 43.8 Å². The molecule has 4 saturated carbocycles.